The lowest BCUT2D eigenvalue weighted by molar-refractivity contribution is 0.395. The highest BCUT2D eigenvalue weighted by molar-refractivity contribution is 7.91. The van der Waals surface area contributed by atoms with E-state index in [4.69, 9.17) is 9.47 Å². The fourth-order valence-corrected chi connectivity index (χ4v) is 4.69. The lowest BCUT2D eigenvalue weighted by Crippen LogP contribution is -2.33. The van der Waals surface area contributed by atoms with Crippen molar-refractivity contribution in [2.45, 2.75) is 12.5 Å². The van der Waals surface area contributed by atoms with Crippen molar-refractivity contribution in [3.05, 3.63) is 30.6 Å². The van der Waals surface area contributed by atoms with E-state index < -0.39 is 9.84 Å². The van der Waals surface area contributed by atoms with Gasteiger partial charge in [0.05, 0.1) is 31.4 Å². The number of nitrogens with zero attached hydrogens (tertiary/aromatic N) is 3. The predicted molar refractivity (Wildman–Crippen MR) is 100 cm³/mol. The van der Waals surface area contributed by atoms with Crippen molar-refractivity contribution in [1.29, 1.82) is 0 Å². The molecule has 1 N–H and O–H groups in total. The van der Waals surface area contributed by atoms with Crippen molar-refractivity contribution in [3.8, 4) is 11.5 Å². The molecule has 0 aliphatic carbocycles. The van der Waals surface area contributed by atoms with Crippen molar-refractivity contribution in [1.82, 2.24) is 9.97 Å². The highest BCUT2D eigenvalue weighted by Crippen LogP contribution is 2.31. The third-order valence-corrected chi connectivity index (χ3v) is 6.19. The van der Waals surface area contributed by atoms with E-state index in [0.29, 0.717) is 29.6 Å². The Hall–Kier alpha value is -2.55. The summed E-state index contributed by atoms with van der Waals surface area (Å²) in [7, 11) is 2.08. The zero-order chi connectivity index (χ0) is 18.7. The molecule has 140 valence electrons. The molecule has 1 atom stereocenters. The van der Waals surface area contributed by atoms with Gasteiger partial charge in [0, 0.05) is 25.2 Å². The molecule has 0 amide bonds. The quantitative estimate of drug-likeness (QED) is 0.814. The van der Waals surface area contributed by atoms with E-state index >= 15 is 0 Å². The summed E-state index contributed by atoms with van der Waals surface area (Å²) in [5.41, 5.74) is 0.740. The number of aromatic nitrogens is 2. The van der Waals surface area contributed by atoms with Crippen LogP contribution in [0.4, 0.5) is 17.3 Å². The minimum atomic E-state index is -2.95. The average Bonchev–Trinajstić information content (AvgIpc) is 3.01. The second-order valence-electron chi connectivity index (χ2n) is 6.12. The Balaban J connectivity index is 1.80. The zero-order valence-electron chi connectivity index (χ0n) is 15.0. The number of hydrogen-bond acceptors (Lipinski definition) is 8. The smallest absolute Gasteiger partial charge is 0.152 e. The molecule has 26 heavy (non-hydrogen) atoms. The van der Waals surface area contributed by atoms with E-state index in [1.54, 1.807) is 26.4 Å². The molecule has 1 aliphatic heterocycles. The summed E-state index contributed by atoms with van der Waals surface area (Å²) in [4.78, 5) is 10.4. The maximum atomic E-state index is 11.7. The molecule has 1 aromatic heterocycles. The highest BCUT2D eigenvalue weighted by Gasteiger charge is 2.31. The number of anilines is 3. The van der Waals surface area contributed by atoms with E-state index in [0.717, 1.165) is 5.69 Å². The van der Waals surface area contributed by atoms with E-state index in [2.05, 4.69) is 15.3 Å². The lowest BCUT2D eigenvalue weighted by Gasteiger charge is -2.24. The van der Waals surface area contributed by atoms with Gasteiger partial charge in [0.2, 0.25) is 0 Å². The predicted octanol–water partition coefficient (Wildman–Crippen LogP) is 1.86. The van der Waals surface area contributed by atoms with Gasteiger partial charge in [0.15, 0.2) is 9.84 Å². The number of rotatable bonds is 6. The van der Waals surface area contributed by atoms with Crippen molar-refractivity contribution in [3.63, 3.8) is 0 Å². The summed E-state index contributed by atoms with van der Waals surface area (Å²) in [5.74, 6) is 2.95. The molecule has 0 radical (unpaired) electrons. The van der Waals surface area contributed by atoms with Crippen LogP contribution in [-0.4, -0.2) is 57.2 Å². The maximum Gasteiger partial charge on any atom is 0.152 e. The molecule has 0 bridgehead atoms. The lowest BCUT2D eigenvalue weighted by atomic mass is 10.2. The van der Waals surface area contributed by atoms with Gasteiger partial charge in [0.1, 0.15) is 29.5 Å². The molecule has 2 heterocycles. The number of hydrogen-bond donors (Lipinski definition) is 1. The molecule has 1 unspecified atom stereocenters. The molecule has 1 saturated heterocycles. The Labute approximate surface area is 153 Å². The van der Waals surface area contributed by atoms with Crippen LogP contribution in [0.3, 0.4) is 0 Å². The largest absolute Gasteiger partial charge is 0.497 e. The standard InChI is InChI=1S/C17H22N4O4S/c1-21(12-6-7-26(22,23)10-12)17-9-16(18-11-19-17)20-14-5-4-13(24-2)8-15(14)25-3/h4-5,8-9,11-12H,6-7,10H2,1-3H3,(H,18,19,20). The topological polar surface area (TPSA) is 93.7 Å². The normalized spacial score (nSPS) is 18.3. The van der Waals surface area contributed by atoms with Crippen LogP contribution < -0.4 is 19.7 Å². The molecule has 1 aromatic carbocycles. The third-order valence-electron chi connectivity index (χ3n) is 4.44. The van der Waals surface area contributed by atoms with E-state index in [9.17, 15) is 8.42 Å². The van der Waals surface area contributed by atoms with Crippen LogP contribution in [0.15, 0.2) is 30.6 Å². The summed E-state index contributed by atoms with van der Waals surface area (Å²) in [5, 5.41) is 3.20. The minimum absolute atomic E-state index is 0.0710. The SMILES string of the molecule is COc1ccc(Nc2cc(N(C)C3CCS(=O)(=O)C3)ncn2)c(OC)c1. The molecule has 8 nitrogen and oxygen atoms in total. The summed E-state index contributed by atoms with van der Waals surface area (Å²) in [6.45, 7) is 0. The van der Waals surface area contributed by atoms with E-state index in [1.165, 1.54) is 6.33 Å². The van der Waals surface area contributed by atoms with Gasteiger partial charge in [-0.2, -0.15) is 0 Å². The fraction of sp³-hybridized carbons (Fsp3) is 0.412. The van der Waals surface area contributed by atoms with Crippen LogP contribution in [0.1, 0.15) is 6.42 Å². The number of ether oxygens (including phenoxy) is 2. The van der Waals surface area contributed by atoms with Crippen molar-refractivity contribution < 1.29 is 17.9 Å². The van der Waals surface area contributed by atoms with Gasteiger partial charge in [-0.05, 0) is 18.6 Å². The molecule has 9 heteroatoms. The van der Waals surface area contributed by atoms with Crippen LogP contribution >= 0.6 is 0 Å². The maximum absolute atomic E-state index is 11.7. The Morgan fingerprint density at radius 1 is 1.19 bits per heavy atom. The van der Waals surface area contributed by atoms with Crippen molar-refractivity contribution in [2.75, 3.05) is 43.0 Å². The zero-order valence-corrected chi connectivity index (χ0v) is 15.8. The van der Waals surface area contributed by atoms with Crippen LogP contribution in [0.2, 0.25) is 0 Å². The van der Waals surface area contributed by atoms with Crippen LogP contribution in [0.25, 0.3) is 0 Å². The first-order valence-corrected chi connectivity index (χ1v) is 9.98. The third kappa shape index (κ3) is 3.98. The molecule has 3 rings (SSSR count). The number of benzene rings is 1. The van der Waals surface area contributed by atoms with Gasteiger partial charge >= 0.3 is 0 Å². The first-order chi connectivity index (χ1) is 12.4. The summed E-state index contributed by atoms with van der Waals surface area (Å²) in [6.07, 6.45) is 2.06. The van der Waals surface area contributed by atoms with Gasteiger partial charge in [-0.25, -0.2) is 18.4 Å². The number of sulfone groups is 1. The monoisotopic (exact) mass is 378 g/mol. The number of nitrogens with one attached hydrogen (secondary N) is 1. The van der Waals surface area contributed by atoms with E-state index in [1.807, 2.05) is 24.1 Å². The van der Waals surface area contributed by atoms with Crippen LogP contribution in [-0.2, 0) is 9.84 Å². The fourth-order valence-electron chi connectivity index (χ4n) is 2.92. The molecule has 2 aromatic rings. The average molecular weight is 378 g/mol. The minimum Gasteiger partial charge on any atom is -0.497 e. The molecular formula is C17H22N4O4S. The Kier molecular flexibility index (Phi) is 5.17. The second-order valence-corrected chi connectivity index (χ2v) is 8.35. The van der Waals surface area contributed by atoms with Crippen molar-refractivity contribution in [2.24, 2.45) is 0 Å². The summed E-state index contributed by atoms with van der Waals surface area (Å²) >= 11 is 0. The Morgan fingerprint density at radius 2 is 2.00 bits per heavy atom. The van der Waals surface area contributed by atoms with Crippen LogP contribution in [0, 0.1) is 0 Å². The first kappa shape index (κ1) is 18.2. The summed E-state index contributed by atoms with van der Waals surface area (Å²) < 4.78 is 34.0. The first-order valence-electron chi connectivity index (χ1n) is 8.16. The second kappa shape index (κ2) is 7.36. The molecule has 1 aliphatic rings. The van der Waals surface area contributed by atoms with Gasteiger partial charge in [-0.1, -0.05) is 0 Å². The van der Waals surface area contributed by atoms with E-state index in [-0.39, 0.29) is 17.5 Å². The van der Waals surface area contributed by atoms with Gasteiger partial charge in [-0.15, -0.1) is 0 Å². The highest BCUT2D eigenvalue weighted by atomic mass is 32.2. The van der Waals surface area contributed by atoms with Gasteiger partial charge < -0.3 is 19.7 Å². The Morgan fingerprint density at radius 3 is 2.65 bits per heavy atom. The van der Waals surface area contributed by atoms with Crippen LogP contribution in [0.5, 0.6) is 11.5 Å². The molecular weight excluding hydrogens is 356 g/mol. The number of methoxy groups -OCH3 is 2. The molecule has 1 fully saturated rings. The Bertz CT molecular complexity index is 888. The summed E-state index contributed by atoms with van der Waals surface area (Å²) in [6, 6.07) is 7.15. The molecule has 0 saturated carbocycles. The molecule has 0 spiro atoms. The van der Waals surface area contributed by atoms with Gasteiger partial charge in [-0.3, -0.25) is 0 Å². The van der Waals surface area contributed by atoms with Crippen molar-refractivity contribution >= 4 is 27.2 Å². The van der Waals surface area contributed by atoms with Gasteiger partial charge in [0.25, 0.3) is 0 Å².